The quantitative estimate of drug-likeness (QED) is 0.718. The van der Waals surface area contributed by atoms with Crippen molar-refractivity contribution in [2.45, 2.75) is 0 Å². The van der Waals surface area contributed by atoms with E-state index in [1.54, 1.807) is 11.5 Å². The molecule has 0 aliphatic heterocycles. The minimum absolute atomic E-state index is 0.786. The Kier molecular flexibility index (Phi) is 3.31. The Balaban J connectivity index is 3.11. The summed E-state index contributed by atoms with van der Waals surface area (Å²) in [5, 5.41) is 0. The van der Waals surface area contributed by atoms with E-state index in [-0.39, 0.29) is 0 Å². The fourth-order valence-electron chi connectivity index (χ4n) is 0.816. The van der Waals surface area contributed by atoms with Crippen molar-refractivity contribution in [2.24, 2.45) is 0 Å². The van der Waals surface area contributed by atoms with Gasteiger partial charge in [-0.3, -0.25) is 0 Å². The molecule has 11 heavy (non-hydrogen) atoms. The zero-order valence-corrected chi connectivity index (χ0v) is 8.12. The van der Waals surface area contributed by atoms with Crippen LogP contribution in [-0.4, -0.2) is 11.5 Å². The van der Waals surface area contributed by atoms with E-state index in [1.165, 1.54) is 0 Å². The van der Waals surface area contributed by atoms with E-state index in [4.69, 9.17) is 4.74 Å². The number of rotatable bonds is 2. The normalized spacial score (nSPS) is 8.82. The summed E-state index contributed by atoms with van der Waals surface area (Å²) in [4.78, 5) is 0. The molecule has 0 saturated carbocycles. The summed E-state index contributed by atoms with van der Waals surface area (Å²) in [7, 11) is 1.61. The van der Waals surface area contributed by atoms with Crippen LogP contribution in [0.4, 0.5) is 0 Å². The molecule has 0 aromatic heterocycles. The molecule has 0 atom stereocenters. The maximum absolute atomic E-state index is 10.4. The van der Waals surface area contributed by atoms with Gasteiger partial charge in [-0.1, -0.05) is 0 Å². The molecule has 1 rings (SSSR count). The van der Waals surface area contributed by atoms with Gasteiger partial charge in [-0.05, 0) is 0 Å². The van der Waals surface area contributed by atoms with Crippen molar-refractivity contribution in [3.8, 4) is 5.75 Å². The molecule has 0 heterocycles. The van der Waals surface area contributed by atoms with Crippen molar-refractivity contribution in [1.82, 2.24) is 0 Å². The third-order valence-corrected chi connectivity index (χ3v) is 2.17. The standard InChI is InChI=1S/C8H8O.Mo.O/c1-7-5-3-4-6-8(7)9-2;;/h1,3-6H,2H3;;. The van der Waals surface area contributed by atoms with Gasteiger partial charge in [0.15, 0.2) is 0 Å². The fourth-order valence-corrected chi connectivity index (χ4v) is 1.55. The van der Waals surface area contributed by atoms with Crippen molar-refractivity contribution in [1.29, 1.82) is 0 Å². The second kappa shape index (κ2) is 4.30. The van der Waals surface area contributed by atoms with Crippen molar-refractivity contribution in [3.63, 3.8) is 0 Å². The Morgan fingerprint density at radius 3 is 2.82 bits per heavy atom. The Bertz CT molecular complexity index is 290. The third kappa shape index (κ3) is 2.16. The molecule has 0 unspecified atom stereocenters. The van der Waals surface area contributed by atoms with Crippen LogP contribution in [-0.2, 0) is 21.5 Å². The molecule has 0 fully saturated rings. The monoisotopic (exact) mass is 234 g/mol. The summed E-state index contributed by atoms with van der Waals surface area (Å²) in [5.41, 5.74) is 0.924. The van der Waals surface area contributed by atoms with Gasteiger partial charge in [0.2, 0.25) is 0 Å². The van der Waals surface area contributed by atoms with E-state index >= 15 is 0 Å². The molecular formula is C8H8MoO2. The molecule has 0 N–H and O–H groups in total. The van der Waals surface area contributed by atoms with Crippen molar-refractivity contribution in [2.75, 3.05) is 7.11 Å². The molecule has 0 aliphatic carbocycles. The molecule has 2 nitrogen and oxygen atoms in total. The number of methoxy groups -OCH3 is 1. The average molecular weight is 232 g/mol. The van der Waals surface area contributed by atoms with Crippen molar-refractivity contribution in [3.05, 3.63) is 29.8 Å². The predicted octanol–water partition coefficient (Wildman–Crippen LogP) is 1.27. The predicted molar refractivity (Wildman–Crippen MR) is 38.8 cm³/mol. The number of benzene rings is 1. The van der Waals surface area contributed by atoms with Crippen LogP contribution >= 0.6 is 0 Å². The van der Waals surface area contributed by atoms with Crippen LogP contribution in [0.1, 0.15) is 5.56 Å². The van der Waals surface area contributed by atoms with Gasteiger partial charge in [-0.2, -0.15) is 0 Å². The summed E-state index contributed by atoms with van der Waals surface area (Å²) in [6, 6.07) is 7.54. The summed E-state index contributed by atoms with van der Waals surface area (Å²) in [5.74, 6) is 0.786. The number of hydrogen-bond acceptors (Lipinski definition) is 2. The number of hydrogen-bond donors (Lipinski definition) is 0. The zero-order valence-electron chi connectivity index (χ0n) is 6.11. The van der Waals surface area contributed by atoms with Crippen molar-refractivity contribution < 1.29 is 26.2 Å². The van der Waals surface area contributed by atoms with E-state index in [1.807, 2.05) is 24.3 Å². The fraction of sp³-hybridized carbons (Fsp3) is 0.125. The second-order valence-electron chi connectivity index (χ2n) is 1.96. The summed E-state index contributed by atoms with van der Waals surface area (Å²) in [6.45, 7) is 0. The van der Waals surface area contributed by atoms with Crippen molar-refractivity contribution >= 4 is 4.40 Å². The van der Waals surface area contributed by atoms with Crippen LogP contribution < -0.4 is 4.74 Å². The molecule has 58 valence electrons. The second-order valence-corrected chi connectivity index (χ2v) is 3.01. The van der Waals surface area contributed by atoms with Crippen LogP contribution in [0.15, 0.2) is 24.3 Å². The first-order chi connectivity index (χ1) is 5.38. The van der Waals surface area contributed by atoms with Gasteiger partial charge in [0, 0.05) is 0 Å². The Morgan fingerprint density at radius 2 is 2.18 bits per heavy atom. The Morgan fingerprint density at radius 1 is 1.45 bits per heavy atom. The molecule has 0 saturated heterocycles. The van der Waals surface area contributed by atoms with Gasteiger partial charge in [-0.15, -0.1) is 0 Å². The third-order valence-electron chi connectivity index (χ3n) is 1.31. The SMILES string of the molecule is COc1ccccc1[CH]=[Mo]=[O]. The Labute approximate surface area is 73.5 Å². The number of ether oxygens (including phenoxy) is 1. The van der Waals surface area contributed by atoms with E-state index in [0.717, 1.165) is 11.3 Å². The first-order valence-corrected chi connectivity index (χ1v) is 5.11. The summed E-state index contributed by atoms with van der Waals surface area (Å²) < 4.78 is 17.2. The Hall–Kier alpha value is -0.622. The van der Waals surface area contributed by atoms with Crippen LogP contribution in [0.25, 0.3) is 0 Å². The van der Waals surface area contributed by atoms with Gasteiger partial charge in [-0.25, -0.2) is 0 Å². The molecule has 0 bridgehead atoms. The molecule has 3 heteroatoms. The molecular weight excluding hydrogens is 224 g/mol. The van der Waals surface area contributed by atoms with E-state index in [0.29, 0.717) is 0 Å². The molecule has 1 aromatic rings. The van der Waals surface area contributed by atoms with Crippen LogP contribution in [0, 0.1) is 0 Å². The number of para-hydroxylation sites is 1. The maximum atomic E-state index is 10.4. The average Bonchev–Trinajstić information content (AvgIpc) is 2.06. The molecule has 0 amide bonds. The van der Waals surface area contributed by atoms with Gasteiger partial charge >= 0.3 is 73.3 Å². The van der Waals surface area contributed by atoms with Gasteiger partial charge in [0.25, 0.3) is 0 Å². The molecule has 0 spiro atoms. The molecule has 0 radical (unpaired) electrons. The molecule has 1 aromatic carbocycles. The topological polar surface area (TPSA) is 26.3 Å². The summed E-state index contributed by atoms with van der Waals surface area (Å²) >= 11 is -1.20. The van der Waals surface area contributed by atoms with E-state index < -0.39 is 18.1 Å². The first-order valence-electron chi connectivity index (χ1n) is 3.13. The van der Waals surface area contributed by atoms with E-state index in [9.17, 15) is 3.40 Å². The first kappa shape index (κ1) is 8.47. The summed E-state index contributed by atoms with van der Waals surface area (Å²) in [6.07, 6.45) is 0. The van der Waals surface area contributed by atoms with Crippen LogP contribution in [0.3, 0.4) is 0 Å². The van der Waals surface area contributed by atoms with Gasteiger partial charge in [0.1, 0.15) is 0 Å². The van der Waals surface area contributed by atoms with Gasteiger partial charge in [0.05, 0.1) is 0 Å². The van der Waals surface area contributed by atoms with Crippen LogP contribution in [0.5, 0.6) is 5.75 Å². The molecule has 0 aliphatic rings. The van der Waals surface area contributed by atoms with E-state index in [2.05, 4.69) is 0 Å². The zero-order chi connectivity index (χ0) is 8.10. The van der Waals surface area contributed by atoms with Gasteiger partial charge < -0.3 is 0 Å². The minimum atomic E-state index is -1.20. The van der Waals surface area contributed by atoms with Crippen LogP contribution in [0.2, 0.25) is 0 Å².